The van der Waals surface area contributed by atoms with E-state index in [-0.39, 0.29) is 62.0 Å². The quantitative estimate of drug-likeness (QED) is 0.226. The van der Waals surface area contributed by atoms with Gasteiger partial charge in [0.25, 0.3) is 0 Å². The Hall–Kier alpha value is -3.88. The summed E-state index contributed by atoms with van der Waals surface area (Å²) >= 11 is 0. The third-order valence-corrected chi connectivity index (χ3v) is 11.6. The van der Waals surface area contributed by atoms with E-state index in [1.807, 2.05) is 0 Å². The molecule has 8 nitrogen and oxygen atoms in total. The van der Waals surface area contributed by atoms with Crippen LogP contribution < -0.4 is 4.74 Å². The van der Waals surface area contributed by atoms with Crippen LogP contribution in [0.2, 0.25) is 0 Å². The molecule has 1 saturated carbocycles. The summed E-state index contributed by atoms with van der Waals surface area (Å²) in [6, 6.07) is 5.04. The van der Waals surface area contributed by atoms with Crippen molar-refractivity contribution in [3.63, 3.8) is 0 Å². The van der Waals surface area contributed by atoms with Gasteiger partial charge in [-0.2, -0.15) is 9.97 Å². The molecule has 2 aliphatic heterocycles. The van der Waals surface area contributed by atoms with Crippen LogP contribution in [0, 0.1) is 24.0 Å². The number of rotatable bonds is 6. The molecule has 0 unspecified atom stereocenters. The van der Waals surface area contributed by atoms with Crippen molar-refractivity contribution >= 4 is 31.5 Å². The normalized spacial score (nSPS) is 18.8. The number of hydrogen-bond acceptors (Lipinski definition) is 8. The van der Waals surface area contributed by atoms with Crippen molar-refractivity contribution in [2.45, 2.75) is 67.2 Å². The first kappa shape index (κ1) is 27.9. The number of phenols is 1. The molecule has 0 atom stereocenters. The lowest BCUT2D eigenvalue weighted by Crippen LogP contribution is -2.43. The highest BCUT2D eigenvalue weighted by Crippen LogP contribution is 2.41. The second-order valence-electron chi connectivity index (χ2n) is 11.8. The summed E-state index contributed by atoms with van der Waals surface area (Å²) in [5.74, 6) is 0.484. The van der Waals surface area contributed by atoms with Crippen molar-refractivity contribution in [2.75, 3.05) is 19.7 Å². The standard InChI is InChI=1S/C32H30F2N4O4S/c1-2-22-25(33)10-9-19-15-20(39)16-23(26(19)22)28-27(34)29-24(17-35-28)30(43(40,41)21-7-3-4-8-21)37-31(36-29)42-18-32-11-5-13-38(32)14-6-12-32/h1,9-10,15-17,21,39H,3-8,11-14,18H2. The van der Waals surface area contributed by atoms with Crippen LogP contribution in [0.25, 0.3) is 32.9 Å². The first-order chi connectivity index (χ1) is 20.7. The number of benzene rings is 2. The molecule has 3 aliphatic rings. The lowest BCUT2D eigenvalue weighted by atomic mass is 9.95. The molecule has 1 N–H and O–H groups in total. The van der Waals surface area contributed by atoms with Gasteiger partial charge in [0.05, 0.1) is 21.7 Å². The highest BCUT2D eigenvalue weighted by molar-refractivity contribution is 7.92. The molecular formula is C32H30F2N4O4S. The molecule has 11 heteroatoms. The summed E-state index contributed by atoms with van der Waals surface area (Å²) in [7, 11) is -3.96. The summed E-state index contributed by atoms with van der Waals surface area (Å²) < 4.78 is 65.1. The number of pyridine rings is 1. The predicted octanol–water partition coefficient (Wildman–Crippen LogP) is 5.53. The average molecular weight is 605 g/mol. The van der Waals surface area contributed by atoms with Crippen LogP contribution in [0.15, 0.2) is 35.5 Å². The Bertz CT molecular complexity index is 1930. The molecule has 1 aliphatic carbocycles. The van der Waals surface area contributed by atoms with Crippen LogP contribution >= 0.6 is 0 Å². The van der Waals surface area contributed by atoms with Crippen LogP contribution in [0.5, 0.6) is 11.8 Å². The number of terminal acetylenes is 1. The van der Waals surface area contributed by atoms with Gasteiger partial charge in [0.2, 0.25) is 0 Å². The summed E-state index contributed by atoms with van der Waals surface area (Å²) in [4.78, 5) is 15.4. The minimum atomic E-state index is -3.96. The highest BCUT2D eigenvalue weighted by atomic mass is 32.2. The molecule has 0 amide bonds. The Balaban J connectivity index is 1.42. The van der Waals surface area contributed by atoms with Crippen molar-refractivity contribution in [1.82, 2.24) is 19.9 Å². The van der Waals surface area contributed by atoms with E-state index in [1.54, 1.807) is 0 Å². The number of fused-ring (bicyclic) bond motifs is 3. The molecule has 0 radical (unpaired) electrons. The maximum absolute atomic E-state index is 16.6. The third-order valence-electron chi connectivity index (χ3n) is 9.37. The van der Waals surface area contributed by atoms with Gasteiger partial charge in [-0.05, 0) is 75.2 Å². The van der Waals surface area contributed by atoms with E-state index in [1.165, 1.54) is 30.5 Å². The molecule has 0 bridgehead atoms. The summed E-state index contributed by atoms with van der Waals surface area (Å²) in [5, 5.41) is 10.0. The minimum Gasteiger partial charge on any atom is -0.508 e. The zero-order chi connectivity index (χ0) is 29.9. The number of hydrogen-bond donors (Lipinski definition) is 1. The lowest BCUT2D eigenvalue weighted by molar-refractivity contribution is 0.107. The lowest BCUT2D eigenvalue weighted by Gasteiger charge is -2.31. The van der Waals surface area contributed by atoms with Gasteiger partial charge in [0, 0.05) is 17.1 Å². The van der Waals surface area contributed by atoms with E-state index in [9.17, 15) is 17.9 Å². The highest BCUT2D eigenvalue weighted by Gasteiger charge is 2.45. The Labute approximate surface area is 248 Å². The zero-order valence-electron chi connectivity index (χ0n) is 23.4. The average Bonchev–Trinajstić information content (AvgIpc) is 3.75. The van der Waals surface area contributed by atoms with Gasteiger partial charge < -0.3 is 9.84 Å². The Morgan fingerprint density at radius 1 is 1.09 bits per heavy atom. The minimum absolute atomic E-state index is 0.0505. The van der Waals surface area contributed by atoms with Crippen LogP contribution in [-0.4, -0.2) is 63.9 Å². The van der Waals surface area contributed by atoms with Crippen LogP contribution in [0.1, 0.15) is 56.9 Å². The van der Waals surface area contributed by atoms with Crippen LogP contribution in [0.3, 0.4) is 0 Å². The molecule has 2 aromatic heterocycles. The summed E-state index contributed by atoms with van der Waals surface area (Å²) in [6.45, 7) is 2.22. The molecule has 222 valence electrons. The molecule has 4 aromatic rings. The smallest absolute Gasteiger partial charge is 0.318 e. The number of nitrogens with zero attached hydrogens (tertiary/aromatic N) is 4. The number of aromatic nitrogens is 3. The Morgan fingerprint density at radius 3 is 2.56 bits per heavy atom. The van der Waals surface area contributed by atoms with E-state index in [4.69, 9.17) is 11.2 Å². The molecule has 2 saturated heterocycles. The van der Waals surface area contributed by atoms with E-state index in [0.29, 0.717) is 18.2 Å². The van der Waals surface area contributed by atoms with Gasteiger partial charge in [-0.3, -0.25) is 9.88 Å². The van der Waals surface area contributed by atoms with Gasteiger partial charge in [-0.15, -0.1) is 6.42 Å². The van der Waals surface area contributed by atoms with Crippen molar-refractivity contribution in [2.24, 2.45) is 0 Å². The zero-order valence-corrected chi connectivity index (χ0v) is 24.3. The van der Waals surface area contributed by atoms with E-state index >= 15 is 4.39 Å². The molecule has 3 fully saturated rings. The predicted molar refractivity (Wildman–Crippen MR) is 157 cm³/mol. The van der Waals surface area contributed by atoms with Crippen molar-refractivity contribution in [3.8, 4) is 35.4 Å². The number of phenolic OH excluding ortho intramolecular Hbond substituents is 1. The number of ether oxygens (including phenoxy) is 1. The fourth-order valence-corrected chi connectivity index (χ4v) is 9.18. The molecule has 4 heterocycles. The van der Waals surface area contributed by atoms with E-state index < -0.39 is 26.7 Å². The number of sulfone groups is 1. The molecular weight excluding hydrogens is 574 g/mol. The largest absolute Gasteiger partial charge is 0.508 e. The maximum atomic E-state index is 16.6. The maximum Gasteiger partial charge on any atom is 0.318 e. The Kier molecular flexibility index (Phi) is 6.74. The fourth-order valence-electron chi connectivity index (χ4n) is 7.25. The third kappa shape index (κ3) is 4.50. The van der Waals surface area contributed by atoms with Crippen LogP contribution in [-0.2, 0) is 9.84 Å². The van der Waals surface area contributed by atoms with Gasteiger partial charge in [-0.1, -0.05) is 24.8 Å². The number of aromatic hydroxyl groups is 1. The van der Waals surface area contributed by atoms with E-state index in [0.717, 1.165) is 51.6 Å². The van der Waals surface area contributed by atoms with Gasteiger partial charge in [0.15, 0.2) is 20.7 Å². The topological polar surface area (TPSA) is 106 Å². The number of halogens is 2. The van der Waals surface area contributed by atoms with Gasteiger partial charge in [-0.25, -0.2) is 17.2 Å². The first-order valence-electron chi connectivity index (χ1n) is 14.6. The van der Waals surface area contributed by atoms with Crippen molar-refractivity contribution < 1.29 is 27.0 Å². The van der Waals surface area contributed by atoms with Crippen molar-refractivity contribution in [3.05, 3.63) is 47.7 Å². The second kappa shape index (κ2) is 10.4. The monoisotopic (exact) mass is 604 g/mol. The second-order valence-corrected chi connectivity index (χ2v) is 14.0. The molecule has 2 aromatic carbocycles. The fraction of sp³-hybridized carbons (Fsp3) is 0.406. The SMILES string of the molecule is C#Cc1c(F)ccc2cc(O)cc(-c3ncc4c(S(=O)(=O)C5CCCC5)nc(OCC56CCCN5CCC6)nc4c3F)c12. The van der Waals surface area contributed by atoms with Gasteiger partial charge in [0.1, 0.15) is 29.4 Å². The summed E-state index contributed by atoms with van der Waals surface area (Å²) in [5.41, 5.74) is -0.771. The molecule has 43 heavy (non-hydrogen) atoms. The first-order valence-corrected chi connectivity index (χ1v) is 16.2. The molecule has 0 spiro atoms. The van der Waals surface area contributed by atoms with E-state index in [2.05, 4.69) is 25.8 Å². The van der Waals surface area contributed by atoms with Gasteiger partial charge >= 0.3 is 6.01 Å². The van der Waals surface area contributed by atoms with Crippen molar-refractivity contribution in [1.29, 1.82) is 0 Å². The Morgan fingerprint density at radius 2 is 1.84 bits per heavy atom. The summed E-state index contributed by atoms with van der Waals surface area (Å²) in [6.07, 6.45) is 13.4. The van der Waals surface area contributed by atoms with Crippen LogP contribution in [0.4, 0.5) is 8.78 Å². The molecule has 7 rings (SSSR count).